The van der Waals surface area contributed by atoms with Gasteiger partial charge in [0.15, 0.2) is 0 Å². The number of ether oxygens (including phenoxy) is 1. The molecule has 0 radical (unpaired) electrons. The molecule has 90 valence electrons. The van der Waals surface area contributed by atoms with Crippen LogP contribution in [0.2, 0.25) is 0 Å². The zero-order valence-electron chi connectivity index (χ0n) is 10.1. The molecule has 3 rings (SSSR count). The molecule has 0 saturated heterocycles. The van der Waals surface area contributed by atoms with E-state index in [9.17, 15) is 0 Å². The summed E-state index contributed by atoms with van der Waals surface area (Å²) in [5.74, 6) is 0.955. The van der Waals surface area contributed by atoms with Crippen LogP contribution in [0.25, 0.3) is 10.9 Å². The Kier molecular flexibility index (Phi) is 2.77. The molecule has 3 nitrogen and oxygen atoms in total. The van der Waals surface area contributed by atoms with Gasteiger partial charge in [-0.05, 0) is 31.0 Å². The van der Waals surface area contributed by atoms with Gasteiger partial charge in [0.2, 0.25) is 0 Å². The SMILES string of the molecule is COc1cccc2c1ccn2CCNC1CC1. The van der Waals surface area contributed by atoms with Gasteiger partial charge in [-0.3, -0.25) is 0 Å². The van der Waals surface area contributed by atoms with Gasteiger partial charge in [0.25, 0.3) is 0 Å². The zero-order valence-corrected chi connectivity index (χ0v) is 10.1. The predicted molar refractivity (Wildman–Crippen MR) is 69.5 cm³/mol. The van der Waals surface area contributed by atoms with E-state index in [1.54, 1.807) is 7.11 Å². The molecular formula is C14H18N2O. The van der Waals surface area contributed by atoms with E-state index in [1.165, 1.54) is 23.7 Å². The Bertz CT molecular complexity index is 514. The largest absolute Gasteiger partial charge is 0.496 e. The second kappa shape index (κ2) is 4.41. The normalized spacial score (nSPS) is 15.4. The van der Waals surface area contributed by atoms with Crippen LogP contribution in [-0.4, -0.2) is 24.3 Å². The highest BCUT2D eigenvalue weighted by Gasteiger charge is 2.19. The van der Waals surface area contributed by atoms with Crippen LogP contribution in [0.1, 0.15) is 12.8 Å². The summed E-state index contributed by atoms with van der Waals surface area (Å²) in [5.41, 5.74) is 1.25. The number of fused-ring (bicyclic) bond motifs is 1. The van der Waals surface area contributed by atoms with Crippen molar-refractivity contribution < 1.29 is 4.74 Å². The molecule has 1 aliphatic carbocycles. The lowest BCUT2D eigenvalue weighted by atomic mass is 10.2. The van der Waals surface area contributed by atoms with E-state index in [-0.39, 0.29) is 0 Å². The Balaban J connectivity index is 1.79. The maximum atomic E-state index is 5.36. The van der Waals surface area contributed by atoms with E-state index in [1.807, 2.05) is 12.1 Å². The summed E-state index contributed by atoms with van der Waals surface area (Å²) in [7, 11) is 1.72. The van der Waals surface area contributed by atoms with Crippen molar-refractivity contribution in [1.82, 2.24) is 9.88 Å². The standard InChI is InChI=1S/C14H18N2O/c1-17-14-4-2-3-13-12(14)7-9-16(13)10-8-15-11-5-6-11/h2-4,7,9,11,15H,5-6,8,10H2,1H3. The van der Waals surface area contributed by atoms with Crippen LogP contribution in [-0.2, 0) is 6.54 Å². The van der Waals surface area contributed by atoms with Crippen LogP contribution in [0.3, 0.4) is 0 Å². The number of benzene rings is 1. The van der Waals surface area contributed by atoms with Crippen molar-refractivity contribution in [2.45, 2.75) is 25.4 Å². The third-order valence-electron chi connectivity index (χ3n) is 3.36. The molecule has 1 aromatic carbocycles. The fourth-order valence-corrected chi connectivity index (χ4v) is 2.24. The second-order valence-corrected chi connectivity index (χ2v) is 4.63. The van der Waals surface area contributed by atoms with E-state index in [0.29, 0.717) is 0 Å². The van der Waals surface area contributed by atoms with Crippen molar-refractivity contribution in [3.8, 4) is 5.75 Å². The molecule has 1 saturated carbocycles. The number of nitrogens with zero attached hydrogens (tertiary/aromatic N) is 1. The fourth-order valence-electron chi connectivity index (χ4n) is 2.24. The lowest BCUT2D eigenvalue weighted by Crippen LogP contribution is -2.21. The summed E-state index contributed by atoms with van der Waals surface area (Å²) in [4.78, 5) is 0. The van der Waals surface area contributed by atoms with Crippen molar-refractivity contribution in [3.05, 3.63) is 30.5 Å². The summed E-state index contributed by atoms with van der Waals surface area (Å²) >= 11 is 0. The average molecular weight is 230 g/mol. The summed E-state index contributed by atoms with van der Waals surface area (Å²) < 4.78 is 7.65. The Morgan fingerprint density at radius 2 is 2.24 bits per heavy atom. The Morgan fingerprint density at radius 1 is 1.35 bits per heavy atom. The predicted octanol–water partition coefficient (Wildman–Crippen LogP) is 2.40. The highest BCUT2D eigenvalue weighted by Crippen LogP contribution is 2.26. The molecule has 0 spiro atoms. The first-order valence-electron chi connectivity index (χ1n) is 6.24. The molecule has 1 aliphatic rings. The summed E-state index contributed by atoms with van der Waals surface area (Å²) in [6.45, 7) is 2.07. The van der Waals surface area contributed by atoms with Crippen molar-refractivity contribution >= 4 is 10.9 Å². The Hall–Kier alpha value is -1.48. The van der Waals surface area contributed by atoms with E-state index < -0.39 is 0 Å². The first kappa shape index (κ1) is 10.7. The highest BCUT2D eigenvalue weighted by molar-refractivity contribution is 5.86. The number of hydrogen-bond donors (Lipinski definition) is 1. The van der Waals surface area contributed by atoms with Crippen LogP contribution < -0.4 is 10.1 Å². The molecule has 0 atom stereocenters. The fraction of sp³-hybridized carbons (Fsp3) is 0.429. The maximum Gasteiger partial charge on any atom is 0.128 e. The van der Waals surface area contributed by atoms with Crippen LogP contribution in [0.5, 0.6) is 5.75 Å². The third kappa shape index (κ3) is 2.15. The molecule has 1 aromatic heterocycles. The first-order chi connectivity index (χ1) is 8.38. The quantitative estimate of drug-likeness (QED) is 0.853. The zero-order chi connectivity index (χ0) is 11.7. The molecule has 2 aromatic rings. The van der Waals surface area contributed by atoms with Crippen LogP contribution in [0.15, 0.2) is 30.5 Å². The highest BCUT2D eigenvalue weighted by atomic mass is 16.5. The van der Waals surface area contributed by atoms with Crippen LogP contribution in [0.4, 0.5) is 0 Å². The molecule has 0 bridgehead atoms. The molecule has 1 N–H and O–H groups in total. The van der Waals surface area contributed by atoms with Crippen molar-refractivity contribution in [3.63, 3.8) is 0 Å². The van der Waals surface area contributed by atoms with Crippen molar-refractivity contribution in [2.75, 3.05) is 13.7 Å². The molecular weight excluding hydrogens is 212 g/mol. The van der Waals surface area contributed by atoms with Gasteiger partial charge in [-0.15, -0.1) is 0 Å². The van der Waals surface area contributed by atoms with E-state index >= 15 is 0 Å². The third-order valence-corrected chi connectivity index (χ3v) is 3.36. The van der Waals surface area contributed by atoms with E-state index in [2.05, 4.69) is 28.2 Å². The number of methoxy groups -OCH3 is 1. The molecule has 3 heteroatoms. The minimum absolute atomic E-state index is 0.784. The lowest BCUT2D eigenvalue weighted by Gasteiger charge is -2.07. The maximum absolute atomic E-state index is 5.36. The molecule has 1 fully saturated rings. The van der Waals surface area contributed by atoms with Gasteiger partial charge in [-0.2, -0.15) is 0 Å². The number of aromatic nitrogens is 1. The topological polar surface area (TPSA) is 26.2 Å². The second-order valence-electron chi connectivity index (χ2n) is 4.63. The van der Waals surface area contributed by atoms with Gasteiger partial charge in [0.05, 0.1) is 12.6 Å². The Morgan fingerprint density at radius 3 is 3.00 bits per heavy atom. The minimum Gasteiger partial charge on any atom is -0.496 e. The summed E-state index contributed by atoms with van der Waals surface area (Å²) in [6, 6.07) is 9.12. The molecule has 17 heavy (non-hydrogen) atoms. The minimum atomic E-state index is 0.784. The van der Waals surface area contributed by atoms with Gasteiger partial charge >= 0.3 is 0 Å². The number of rotatable bonds is 5. The molecule has 0 aliphatic heterocycles. The van der Waals surface area contributed by atoms with Crippen LogP contribution >= 0.6 is 0 Å². The van der Waals surface area contributed by atoms with Gasteiger partial charge in [-0.1, -0.05) is 6.07 Å². The number of nitrogens with one attached hydrogen (secondary N) is 1. The Labute approximate surface area is 101 Å². The lowest BCUT2D eigenvalue weighted by molar-refractivity contribution is 0.420. The van der Waals surface area contributed by atoms with Crippen molar-refractivity contribution in [1.29, 1.82) is 0 Å². The summed E-state index contributed by atoms with van der Waals surface area (Å²) in [6.07, 6.45) is 4.84. The van der Waals surface area contributed by atoms with Crippen LogP contribution in [0, 0.1) is 0 Å². The molecule has 1 heterocycles. The average Bonchev–Trinajstić information content (AvgIpc) is 3.09. The van der Waals surface area contributed by atoms with Gasteiger partial charge in [0, 0.05) is 30.7 Å². The monoisotopic (exact) mass is 230 g/mol. The number of hydrogen-bond acceptors (Lipinski definition) is 2. The molecule has 0 amide bonds. The van der Waals surface area contributed by atoms with Gasteiger partial charge < -0.3 is 14.6 Å². The van der Waals surface area contributed by atoms with Gasteiger partial charge in [0.1, 0.15) is 5.75 Å². The molecule has 0 unspecified atom stereocenters. The smallest absolute Gasteiger partial charge is 0.128 e. The van der Waals surface area contributed by atoms with E-state index in [4.69, 9.17) is 4.74 Å². The first-order valence-corrected chi connectivity index (χ1v) is 6.24. The van der Waals surface area contributed by atoms with Crippen molar-refractivity contribution in [2.24, 2.45) is 0 Å². The van der Waals surface area contributed by atoms with E-state index in [0.717, 1.165) is 24.9 Å². The van der Waals surface area contributed by atoms with Gasteiger partial charge in [-0.25, -0.2) is 0 Å². The summed E-state index contributed by atoms with van der Waals surface area (Å²) in [5, 5.41) is 4.73.